The lowest BCUT2D eigenvalue weighted by molar-refractivity contribution is 0.0700. The number of piperazine rings is 1. The summed E-state index contributed by atoms with van der Waals surface area (Å²) < 4.78 is 5.79. The lowest BCUT2D eigenvalue weighted by Crippen LogP contribution is -2.62. The van der Waals surface area contributed by atoms with Crippen molar-refractivity contribution in [1.82, 2.24) is 30.2 Å². The Hall–Kier alpha value is -4.64. The monoisotopic (exact) mass is 563 g/mol. The minimum Gasteiger partial charge on any atom is -0.445 e. The van der Waals surface area contributed by atoms with Crippen molar-refractivity contribution in [2.75, 3.05) is 31.5 Å². The summed E-state index contributed by atoms with van der Waals surface area (Å²) in [6.45, 7) is 4.70. The number of hydrogen-bond donors (Lipinski definition) is 3. The molecular weight excluding hydrogens is 528 g/mol. The summed E-state index contributed by atoms with van der Waals surface area (Å²) in [7, 11) is 0. The fourth-order valence-electron chi connectivity index (χ4n) is 5.34. The van der Waals surface area contributed by atoms with Crippen molar-refractivity contribution in [3.8, 4) is 0 Å². The molecule has 1 amide bonds. The quantitative estimate of drug-likeness (QED) is 0.244. The summed E-state index contributed by atoms with van der Waals surface area (Å²) in [4.78, 5) is 29.2. The van der Waals surface area contributed by atoms with Gasteiger partial charge in [-0.2, -0.15) is 9.98 Å². The van der Waals surface area contributed by atoms with Crippen LogP contribution in [0, 0.1) is 0 Å². The Kier molecular flexibility index (Phi) is 8.18. The van der Waals surface area contributed by atoms with E-state index >= 15 is 0 Å². The van der Waals surface area contributed by atoms with Crippen LogP contribution in [0.4, 0.5) is 27.9 Å². The first-order chi connectivity index (χ1) is 20.6. The zero-order chi connectivity index (χ0) is 28.8. The number of quaternary nitrogens is 1. The summed E-state index contributed by atoms with van der Waals surface area (Å²) in [5, 5.41) is 6.86. The first kappa shape index (κ1) is 27.5. The molecule has 6 rings (SSSR count). The van der Waals surface area contributed by atoms with Crippen molar-refractivity contribution in [1.29, 1.82) is 0 Å². The minimum atomic E-state index is -0.322. The molecule has 0 bridgehead atoms. The Bertz CT molecular complexity index is 1530. The predicted octanol–water partition coefficient (Wildman–Crippen LogP) is 5.08. The smallest absolute Gasteiger partial charge is 0.410 e. The van der Waals surface area contributed by atoms with Crippen LogP contribution < -0.4 is 20.7 Å². The Morgan fingerprint density at radius 2 is 1.81 bits per heavy atom. The number of ether oxygens (including phenoxy) is 1. The third-order valence-electron chi connectivity index (χ3n) is 7.65. The highest BCUT2D eigenvalue weighted by Crippen LogP contribution is 2.41. The molecule has 2 aliphatic heterocycles. The van der Waals surface area contributed by atoms with Gasteiger partial charge in [-0.25, -0.2) is 9.78 Å². The van der Waals surface area contributed by atoms with E-state index < -0.39 is 0 Å². The molecule has 3 N–H and O–H groups in total. The number of nitrogens with one attached hydrogen (secondary N) is 3. The number of aromatic nitrogens is 2. The largest absolute Gasteiger partial charge is 0.445 e. The molecule has 3 heterocycles. The van der Waals surface area contributed by atoms with E-state index in [0.717, 1.165) is 22.5 Å². The maximum Gasteiger partial charge on any atom is 0.410 e. The second-order valence-electron chi connectivity index (χ2n) is 10.4. The second-order valence-corrected chi connectivity index (χ2v) is 10.4. The summed E-state index contributed by atoms with van der Waals surface area (Å²) in [6, 6.07) is 29.7. The molecule has 2 aliphatic rings. The van der Waals surface area contributed by atoms with Crippen molar-refractivity contribution < 1.29 is 9.53 Å². The summed E-state index contributed by atoms with van der Waals surface area (Å²) in [6.07, 6.45) is 3.29. The zero-order valence-corrected chi connectivity index (χ0v) is 23.6. The highest BCUT2D eigenvalue weighted by molar-refractivity contribution is 5.93. The summed E-state index contributed by atoms with van der Waals surface area (Å²) >= 11 is 0. The highest BCUT2D eigenvalue weighted by atomic mass is 16.6. The van der Waals surface area contributed by atoms with Gasteiger partial charge in [0.1, 0.15) is 12.3 Å². The first-order valence-electron chi connectivity index (χ1n) is 14.2. The molecule has 4 aromatic rings. The molecule has 1 fully saturated rings. The van der Waals surface area contributed by atoms with Crippen LogP contribution in [0.25, 0.3) is 0 Å². The van der Waals surface area contributed by atoms with Gasteiger partial charge in [0, 0.05) is 38.0 Å². The maximum absolute atomic E-state index is 13.2. The highest BCUT2D eigenvalue weighted by Gasteiger charge is 2.42. The van der Waals surface area contributed by atoms with Gasteiger partial charge >= 0.3 is 6.09 Å². The number of benzene rings is 3. The Morgan fingerprint density at radius 3 is 2.64 bits per heavy atom. The molecule has 0 spiro atoms. The molecule has 0 radical (unpaired) electrons. The number of para-hydroxylation sites is 2. The van der Waals surface area contributed by atoms with E-state index in [1.165, 1.54) is 0 Å². The standard InChI is InChI=1S/C32H35N8O2/c1-24(26-12-6-3-7-13-26)37-31-34-17-16-30(38-31)40(23-35-28-14-8-9-15-29(28)40)36-21-27-20-33-18-19-39(27)32(41)42-22-25-10-4-2-5-11-25/h2-17,23-24,27,33,36H,18-22H2,1H3,(H,34,37,38)/q+1. The van der Waals surface area contributed by atoms with Gasteiger partial charge < -0.3 is 20.3 Å². The molecule has 42 heavy (non-hydrogen) atoms. The van der Waals surface area contributed by atoms with Gasteiger partial charge in [-0.05, 0) is 24.1 Å². The van der Waals surface area contributed by atoms with E-state index in [4.69, 9.17) is 14.7 Å². The van der Waals surface area contributed by atoms with Gasteiger partial charge in [-0.15, -0.1) is 10.0 Å². The van der Waals surface area contributed by atoms with Crippen LogP contribution in [0.2, 0.25) is 0 Å². The molecule has 3 aromatic carbocycles. The average Bonchev–Trinajstić information content (AvgIpc) is 3.43. The maximum atomic E-state index is 13.2. The molecule has 10 heteroatoms. The predicted molar refractivity (Wildman–Crippen MR) is 165 cm³/mol. The average molecular weight is 564 g/mol. The fourth-order valence-corrected chi connectivity index (χ4v) is 5.34. The van der Waals surface area contributed by atoms with E-state index in [2.05, 4.69) is 40.1 Å². The number of carbonyl (C=O) groups excluding carboxylic acids is 1. The third-order valence-corrected chi connectivity index (χ3v) is 7.65. The van der Waals surface area contributed by atoms with Crippen molar-refractivity contribution >= 4 is 35.6 Å². The van der Waals surface area contributed by atoms with Crippen molar-refractivity contribution in [2.45, 2.75) is 25.6 Å². The van der Waals surface area contributed by atoms with Gasteiger partial charge in [-0.1, -0.05) is 72.8 Å². The lowest BCUT2D eigenvalue weighted by atomic mass is 10.1. The topological polar surface area (TPSA) is 104 Å². The van der Waals surface area contributed by atoms with Gasteiger partial charge in [0.25, 0.3) is 5.82 Å². The normalized spacial score (nSPS) is 20.1. The van der Waals surface area contributed by atoms with Gasteiger partial charge in [0.05, 0.1) is 18.6 Å². The Morgan fingerprint density at radius 1 is 1.05 bits per heavy atom. The van der Waals surface area contributed by atoms with E-state index in [0.29, 0.717) is 37.9 Å². The third kappa shape index (κ3) is 5.87. The second kappa shape index (κ2) is 12.5. The molecule has 3 unspecified atom stereocenters. The lowest BCUT2D eigenvalue weighted by Gasteiger charge is -2.37. The van der Waals surface area contributed by atoms with Gasteiger partial charge in [0.2, 0.25) is 12.3 Å². The van der Waals surface area contributed by atoms with E-state index in [9.17, 15) is 4.79 Å². The number of rotatable bonds is 9. The van der Waals surface area contributed by atoms with Crippen LogP contribution in [-0.4, -0.2) is 59.5 Å². The number of amides is 1. The molecule has 214 valence electrons. The van der Waals surface area contributed by atoms with Crippen LogP contribution in [0.5, 0.6) is 0 Å². The van der Waals surface area contributed by atoms with Crippen LogP contribution in [0.1, 0.15) is 24.1 Å². The number of anilines is 1. The van der Waals surface area contributed by atoms with Gasteiger partial charge in [0.15, 0.2) is 5.69 Å². The van der Waals surface area contributed by atoms with Crippen molar-refractivity contribution in [2.24, 2.45) is 4.99 Å². The van der Waals surface area contributed by atoms with Crippen LogP contribution in [0.15, 0.2) is 102 Å². The molecule has 0 saturated carbocycles. The number of carbonyl (C=O) groups is 1. The molecule has 10 nitrogen and oxygen atoms in total. The molecule has 1 saturated heterocycles. The molecule has 0 aliphatic carbocycles. The molecule has 3 atom stereocenters. The molecule has 1 aromatic heterocycles. The number of nitrogens with zero attached hydrogens (tertiary/aromatic N) is 5. The Labute approximate surface area is 245 Å². The number of hydrogen-bond acceptors (Lipinski definition) is 8. The van der Waals surface area contributed by atoms with E-state index in [1.807, 2.05) is 85.2 Å². The number of fused-ring (bicyclic) bond motifs is 1. The van der Waals surface area contributed by atoms with E-state index in [-0.39, 0.29) is 29.4 Å². The van der Waals surface area contributed by atoms with Crippen LogP contribution in [0.3, 0.4) is 0 Å². The molecular formula is C32H35N8O2+. The zero-order valence-electron chi connectivity index (χ0n) is 23.6. The van der Waals surface area contributed by atoms with Crippen molar-refractivity contribution in [3.05, 3.63) is 108 Å². The minimum absolute atomic E-state index is 0.0196. The summed E-state index contributed by atoms with van der Waals surface area (Å²) in [5.74, 6) is 1.23. The van der Waals surface area contributed by atoms with Crippen LogP contribution >= 0.6 is 0 Å². The SMILES string of the molecule is CC(Nc1nccc([N+]2(NCC3CNCCN3C(=O)OCc3ccccc3)C=Nc3ccccc32)n1)c1ccccc1. The van der Waals surface area contributed by atoms with Gasteiger partial charge in [-0.3, -0.25) is 0 Å². The Balaban J connectivity index is 1.23. The van der Waals surface area contributed by atoms with Crippen molar-refractivity contribution in [3.63, 3.8) is 0 Å². The summed E-state index contributed by atoms with van der Waals surface area (Å²) in [5.41, 5.74) is 7.59. The van der Waals surface area contributed by atoms with Crippen LogP contribution in [-0.2, 0) is 11.3 Å². The first-order valence-corrected chi connectivity index (χ1v) is 14.2. The van der Waals surface area contributed by atoms with E-state index in [1.54, 1.807) is 11.1 Å². The fraction of sp³-hybridized carbons (Fsp3) is 0.250. The number of aliphatic imine (C=N–C) groups is 1.